The molecule has 0 bridgehead atoms. The highest BCUT2D eigenvalue weighted by molar-refractivity contribution is 5.93. The van der Waals surface area contributed by atoms with Crippen LogP contribution in [0.25, 0.3) is 22.2 Å². The Kier molecular flexibility index (Phi) is 4.58. The number of pyridine rings is 1. The van der Waals surface area contributed by atoms with Crippen LogP contribution in [-0.4, -0.2) is 14.3 Å². The minimum atomic E-state index is -0.454. The first kappa shape index (κ1) is 19.1. The van der Waals surface area contributed by atoms with Crippen LogP contribution in [0, 0.1) is 17.5 Å². The molecule has 154 valence electrons. The van der Waals surface area contributed by atoms with E-state index < -0.39 is 17.2 Å². The Morgan fingerprint density at radius 3 is 2.35 bits per heavy atom. The van der Waals surface area contributed by atoms with Gasteiger partial charge in [0.1, 0.15) is 23.1 Å². The monoisotopic (exact) mass is 419 g/mol. The van der Waals surface area contributed by atoms with Gasteiger partial charge in [-0.15, -0.1) is 0 Å². The minimum absolute atomic E-state index is 0.0328. The number of nitrogens with zero attached hydrogens (tertiary/aromatic N) is 3. The molecule has 0 aromatic heterocycles. The van der Waals surface area contributed by atoms with Crippen molar-refractivity contribution < 1.29 is 13.2 Å². The van der Waals surface area contributed by atoms with Crippen molar-refractivity contribution in [2.75, 3.05) is 0 Å². The van der Waals surface area contributed by atoms with E-state index in [1.807, 2.05) is 0 Å². The highest BCUT2D eigenvalue weighted by Crippen LogP contribution is 2.29. The third-order valence-electron chi connectivity index (χ3n) is 5.29. The van der Waals surface area contributed by atoms with E-state index in [4.69, 9.17) is 0 Å². The van der Waals surface area contributed by atoms with Crippen molar-refractivity contribution >= 4 is 10.9 Å². The number of rotatable bonds is 4. The lowest BCUT2D eigenvalue weighted by molar-refractivity contribution is 0.581. The maximum absolute atomic E-state index is 14.1. The van der Waals surface area contributed by atoms with Crippen molar-refractivity contribution in [2.45, 2.75) is 13.1 Å². The number of halogens is 3. The molecule has 0 radical (unpaired) electrons. The second-order valence-electron chi connectivity index (χ2n) is 7.36. The van der Waals surface area contributed by atoms with Gasteiger partial charge in [0, 0.05) is 23.7 Å². The predicted octanol–water partition coefficient (Wildman–Crippen LogP) is 4.82. The highest BCUT2D eigenvalue weighted by Gasteiger charge is 2.21. The first-order valence-electron chi connectivity index (χ1n) is 9.67. The Labute approximate surface area is 175 Å². The van der Waals surface area contributed by atoms with Gasteiger partial charge in [0.25, 0.3) is 5.56 Å². The van der Waals surface area contributed by atoms with Gasteiger partial charge in [-0.1, -0.05) is 30.3 Å². The van der Waals surface area contributed by atoms with E-state index in [-0.39, 0.29) is 12.4 Å². The van der Waals surface area contributed by atoms with Crippen molar-refractivity contribution in [3.05, 3.63) is 112 Å². The first-order chi connectivity index (χ1) is 15.0. The fraction of sp³-hybridized carbons (Fsp3) is 0.0833. The van der Waals surface area contributed by atoms with Crippen LogP contribution in [0.2, 0.25) is 0 Å². The van der Waals surface area contributed by atoms with Crippen LogP contribution >= 0.6 is 0 Å². The maximum atomic E-state index is 14.1. The molecule has 0 fully saturated rings. The summed E-state index contributed by atoms with van der Waals surface area (Å²) in [6.45, 7) is 0.325. The predicted molar refractivity (Wildman–Crippen MR) is 112 cm³/mol. The molecule has 0 N–H and O–H groups in total. The van der Waals surface area contributed by atoms with Crippen LogP contribution in [0.5, 0.6) is 0 Å². The van der Waals surface area contributed by atoms with Gasteiger partial charge in [-0.3, -0.25) is 4.79 Å². The van der Waals surface area contributed by atoms with Gasteiger partial charge in [-0.25, -0.2) is 17.9 Å². The summed E-state index contributed by atoms with van der Waals surface area (Å²) in [5.41, 5.74) is 2.10. The maximum Gasteiger partial charge on any atom is 0.278 e. The van der Waals surface area contributed by atoms with E-state index in [2.05, 4.69) is 5.10 Å². The molecule has 0 saturated carbocycles. The topological polar surface area (TPSA) is 39.8 Å². The van der Waals surface area contributed by atoms with Gasteiger partial charge in [0.2, 0.25) is 0 Å². The van der Waals surface area contributed by atoms with E-state index in [1.54, 1.807) is 47.2 Å². The SMILES string of the molecule is O=c1c2cn(Cc3ccc(F)cc3)c3ccc(F)cc3c-2nn1Cc1ccccc1F. The van der Waals surface area contributed by atoms with Crippen LogP contribution in [0.3, 0.4) is 0 Å². The van der Waals surface area contributed by atoms with E-state index in [0.29, 0.717) is 34.3 Å². The average molecular weight is 419 g/mol. The van der Waals surface area contributed by atoms with Crippen molar-refractivity contribution in [1.29, 1.82) is 0 Å². The molecule has 0 spiro atoms. The third kappa shape index (κ3) is 3.48. The van der Waals surface area contributed by atoms with Crippen LogP contribution in [0.15, 0.2) is 77.7 Å². The van der Waals surface area contributed by atoms with Crippen molar-refractivity contribution in [3.8, 4) is 11.3 Å². The molecule has 31 heavy (non-hydrogen) atoms. The Morgan fingerprint density at radius 2 is 1.58 bits per heavy atom. The standard InChI is InChI=1S/C24H16F3N3O/c25-17-7-5-15(6-8-17)12-29-14-20-23(19-11-18(26)9-10-22(19)29)28-30(24(20)31)13-16-3-1-2-4-21(16)27/h1-11,14H,12-13H2. The summed E-state index contributed by atoms with van der Waals surface area (Å²) in [5.74, 6) is -1.22. The number of hydrogen-bond donors (Lipinski definition) is 0. The molecule has 0 saturated heterocycles. The van der Waals surface area contributed by atoms with E-state index in [9.17, 15) is 18.0 Å². The average Bonchev–Trinajstić information content (AvgIpc) is 3.07. The molecule has 0 aliphatic carbocycles. The molecule has 2 aliphatic heterocycles. The van der Waals surface area contributed by atoms with Crippen LogP contribution < -0.4 is 5.56 Å². The molecule has 3 aromatic rings. The minimum Gasteiger partial charge on any atom is -0.342 e. The number of benzene rings is 3. The molecule has 0 amide bonds. The molecule has 4 nitrogen and oxygen atoms in total. The van der Waals surface area contributed by atoms with E-state index >= 15 is 0 Å². The quantitative estimate of drug-likeness (QED) is 0.419. The largest absolute Gasteiger partial charge is 0.342 e. The zero-order valence-electron chi connectivity index (χ0n) is 16.2. The van der Waals surface area contributed by atoms with Crippen LogP contribution in [-0.2, 0) is 13.1 Å². The molecule has 0 atom stereocenters. The van der Waals surface area contributed by atoms with Crippen LogP contribution in [0.4, 0.5) is 13.2 Å². The van der Waals surface area contributed by atoms with Gasteiger partial charge in [-0.05, 0) is 42.0 Å². The molecule has 2 heterocycles. The van der Waals surface area contributed by atoms with Gasteiger partial charge in [-0.2, -0.15) is 5.10 Å². The molecule has 2 aliphatic rings. The van der Waals surface area contributed by atoms with Crippen LogP contribution in [0.1, 0.15) is 11.1 Å². The van der Waals surface area contributed by atoms with Gasteiger partial charge in [0.05, 0.1) is 17.6 Å². The first-order valence-corrected chi connectivity index (χ1v) is 9.67. The third-order valence-corrected chi connectivity index (χ3v) is 5.29. The summed E-state index contributed by atoms with van der Waals surface area (Å²) in [7, 11) is 0. The lowest BCUT2D eigenvalue weighted by atomic mass is 10.1. The highest BCUT2D eigenvalue weighted by atomic mass is 19.1. The van der Waals surface area contributed by atoms with Crippen molar-refractivity contribution in [1.82, 2.24) is 14.3 Å². The molecular formula is C24H16F3N3O. The molecular weight excluding hydrogens is 403 g/mol. The van der Waals surface area contributed by atoms with Crippen molar-refractivity contribution in [3.63, 3.8) is 0 Å². The Hall–Kier alpha value is -3.87. The second-order valence-corrected chi connectivity index (χ2v) is 7.36. The molecule has 5 rings (SSSR count). The Bertz CT molecular complexity index is 1440. The summed E-state index contributed by atoms with van der Waals surface area (Å²) in [5, 5.41) is 4.86. The molecule has 3 aromatic carbocycles. The fourth-order valence-corrected chi connectivity index (χ4v) is 3.76. The van der Waals surface area contributed by atoms with E-state index in [1.165, 1.54) is 35.0 Å². The Morgan fingerprint density at radius 1 is 0.839 bits per heavy atom. The summed E-state index contributed by atoms with van der Waals surface area (Å²) in [4.78, 5) is 13.0. The number of hydrogen-bond acceptors (Lipinski definition) is 2. The van der Waals surface area contributed by atoms with Gasteiger partial charge >= 0.3 is 0 Å². The molecule has 7 heteroatoms. The van der Waals surface area contributed by atoms with Gasteiger partial charge in [0.15, 0.2) is 0 Å². The summed E-state index contributed by atoms with van der Waals surface area (Å²) in [6.07, 6.45) is 1.66. The van der Waals surface area contributed by atoms with Gasteiger partial charge < -0.3 is 4.57 Å². The summed E-state index contributed by atoms with van der Waals surface area (Å²) < 4.78 is 44.4. The number of fused-ring (bicyclic) bond motifs is 3. The lowest BCUT2D eigenvalue weighted by Crippen LogP contribution is -2.18. The number of aromatic nitrogens is 3. The smallest absolute Gasteiger partial charge is 0.278 e. The Balaban J connectivity index is 1.68. The molecule has 0 unspecified atom stereocenters. The summed E-state index contributed by atoms with van der Waals surface area (Å²) in [6, 6.07) is 16.5. The normalized spacial score (nSPS) is 11.5. The zero-order valence-corrected chi connectivity index (χ0v) is 16.2. The van der Waals surface area contributed by atoms with Crippen molar-refractivity contribution in [2.24, 2.45) is 0 Å². The lowest BCUT2D eigenvalue weighted by Gasteiger charge is -2.14. The summed E-state index contributed by atoms with van der Waals surface area (Å²) >= 11 is 0. The van der Waals surface area contributed by atoms with E-state index in [0.717, 1.165) is 5.56 Å². The fourth-order valence-electron chi connectivity index (χ4n) is 3.76. The zero-order chi connectivity index (χ0) is 21.5. The second kappa shape index (κ2) is 7.43.